The van der Waals surface area contributed by atoms with Crippen LogP contribution in [0.3, 0.4) is 0 Å². The van der Waals surface area contributed by atoms with Gasteiger partial charge in [0.25, 0.3) is 5.91 Å². The van der Waals surface area contributed by atoms with Crippen LogP contribution in [0, 0.1) is 22.9 Å². The molecule has 1 atom stereocenters. The number of nitrogens with zero attached hydrogens (tertiary/aromatic N) is 6. The van der Waals surface area contributed by atoms with Crippen molar-refractivity contribution < 1.29 is 14.1 Å². The zero-order valence-electron chi connectivity index (χ0n) is 14.5. The van der Waals surface area contributed by atoms with Crippen molar-refractivity contribution in [2.75, 3.05) is 5.32 Å². The maximum absolute atomic E-state index is 12.9. The number of aryl methyl sites for hydroxylation is 1. The Hall–Kier alpha value is -3.63. The van der Waals surface area contributed by atoms with Crippen molar-refractivity contribution >= 4 is 17.5 Å². The summed E-state index contributed by atoms with van der Waals surface area (Å²) in [6.45, 7) is 3.42. The summed E-state index contributed by atoms with van der Waals surface area (Å²) >= 11 is 0. The monoisotopic (exact) mass is 373 g/mol. The van der Waals surface area contributed by atoms with Gasteiger partial charge < -0.3 is 0 Å². The highest BCUT2D eigenvalue weighted by Crippen LogP contribution is 2.19. The van der Waals surface area contributed by atoms with Gasteiger partial charge in [-0.3, -0.25) is 24.9 Å². The Morgan fingerprint density at radius 1 is 1.33 bits per heavy atom. The Labute approximate surface area is 152 Å². The molecule has 1 amide bonds. The number of anilines is 1. The second-order valence-corrected chi connectivity index (χ2v) is 5.89. The molecule has 27 heavy (non-hydrogen) atoms. The lowest BCUT2D eigenvalue weighted by Gasteiger charge is -2.10. The van der Waals surface area contributed by atoms with Crippen molar-refractivity contribution in [1.82, 2.24) is 24.5 Å². The van der Waals surface area contributed by atoms with Gasteiger partial charge in [0.1, 0.15) is 30.1 Å². The van der Waals surface area contributed by atoms with Gasteiger partial charge in [0.15, 0.2) is 0 Å². The average molecular weight is 373 g/mol. The quantitative estimate of drug-likeness (QED) is 0.522. The number of nitrogens with one attached hydrogen (secondary N) is 1. The molecule has 1 unspecified atom stereocenters. The van der Waals surface area contributed by atoms with Gasteiger partial charge in [0, 0.05) is 0 Å². The summed E-state index contributed by atoms with van der Waals surface area (Å²) in [5.74, 6) is -0.701. The summed E-state index contributed by atoms with van der Waals surface area (Å²) in [5.41, 5.74) is 0.893. The topological polar surface area (TPSA) is 121 Å². The van der Waals surface area contributed by atoms with Crippen LogP contribution in [0.5, 0.6) is 0 Å². The van der Waals surface area contributed by atoms with Crippen molar-refractivity contribution in [3.8, 4) is 0 Å². The summed E-state index contributed by atoms with van der Waals surface area (Å²) in [5, 5.41) is 21.6. The number of carbonyl (C=O) groups is 1. The zero-order valence-corrected chi connectivity index (χ0v) is 14.5. The van der Waals surface area contributed by atoms with E-state index in [2.05, 4.69) is 20.5 Å². The Kier molecular flexibility index (Phi) is 4.92. The van der Waals surface area contributed by atoms with Crippen LogP contribution in [0.2, 0.25) is 0 Å². The second-order valence-electron chi connectivity index (χ2n) is 5.89. The smallest absolute Gasteiger partial charge is 0.291 e. The molecule has 0 saturated heterocycles. The molecule has 10 nitrogen and oxygen atoms in total. The molecule has 0 fully saturated rings. The fraction of sp³-hybridized carbons (Fsp3) is 0.250. The lowest BCUT2D eigenvalue weighted by Crippen LogP contribution is -2.24. The lowest BCUT2D eigenvalue weighted by atomic mass is 10.2. The van der Waals surface area contributed by atoms with Crippen LogP contribution in [0.4, 0.5) is 16.0 Å². The molecule has 3 aromatic rings. The van der Waals surface area contributed by atoms with E-state index in [0.29, 0.717) is 6.54 Å². The van der Waals surface area contributed by atoms with Crippen LogP contribution in [-0.2, 0) is 11.3 Å². The molecule has 140 valence electrons. The minimum absolute atomic E-state index is 0.0901. The number of amides is 1. The minimum atomic E-state index is -0.790. The highest BCUT2D eigenvalue weighted by Gasteiger charge is 2.23. The molecular formula is C16H16FN7O3. The summed E-state index contributed by atoms with van der Waals surface area (Å²) in [7, 11) is 0. The first-order valence-corrected chi connectivity index (χ1v) is 7.98. The Morgan fingerprint density at radius 2 is 2.04 bits per heavy atom. The van der Waals surface area contributed by atoms with Crippen LogP contribution in [0.25, 0.3) is 0 Å². The highest BCUT2D eigenvalue weighted by molar-refractivity contribution is 5.91. The standard InChI is InChI=1S/C16H16FN7O3/c1-10-14(24(26)27)8-23(20-10)11(2)15(25)19-16-18-9-22(21-16)7-12-3-5-13(17)6-4-12/h3-6,8-9,11H,7H2,1-2H3,(H,19,21,25). The van der Waals surface area contributed by atoms with Gasteiger partial charge in [-0.2, -0.15) is 5.10 Å². The largest absolute Gasteiger partial charge is 0.309 e. The van der Waals surface area contributed by atoms with Gasteiger partial charge in [-0.1, -0.05) is 12.1 Å². The number of benzene rings is 1. The molecule has 3 rings (SSSR count). The van der Waals surface area contributed by atoms with Crippen LogP contribution < -0.4 is 5.32 Å². The average Bonchev–Trinajstić information content (AvgIpc) is 3.22. The van der Waals surface area contributed by atoms with E-state index in [1.165, 1.54) is 40.9 Å². The van der Waals surface area contributed by atoms with Gasteiger partial charge in [-0.05, 0) is 31.5 Å². The SMILES string of the molecule is Cc1nn(C(C)C(=O)Nc2ncn(Cc3ccc(F)cc3)n2)cc1[N+](=O)[O-]. The summed E-state index contributed by atoms with van der Waals surface area (Å²) in [6.07, 6.45) is 2.65. The molecule has 0 spiro atoms. The van der Waals surface area contributed by atoms with E-state index in [9.17, 15) is 19.3 Å². The first kappa shape index (κ1) is 18.2. The number of hydrogen-bond acceptors (Lipinski definition) is 6. The maximum Gasteiger partial charge on any atom is 0.309 e. The van der Waals surface area contributed by atoms with Crippen molar-refractivity contribution in [1.29, 1.82) is 0 Å². The van der Waals surface area contributed by atoms with Gasteiger partial charge >= 0.3 is 5.69 Å². The Bertz CT molecular complexity index is 980. The van der Waals surface area contributed by atoms with Gasteiger partial charge in [-0.15, -0.1) is 5.10 Å². The van der Waals surface area contributed by atoms with Crippen LogP contribution in [-0.4, -0.2) is 35.4 Å². The van der Waals surface area contributed by atoms with Crippen molar-refractivity contribution in [3.05, 3.63) is 64.0 Å². The van der Waals surface area contributed by atoms with E-state index in [0.717, 1.165) is 5.56 Å². The Morgan fingerprint density at radius 3 is 2.67 bits per heavy atom. The molecule has 0 bridgehead atoms. The third kappa shape index (κ3) is 4.14. The van der Waals surface area contributed by atoms with E-state index in [-0.39, 0.29) is 23.1 Å². The fourth-order valence-electron chi connectivity index (χ4n) is 2.39. The molecule has 2 heterocycles. The van der Waals surface area contributed by atoms with Crippen molar-refractivity contribution in [3.63, 3.8) is 0 Å². The lowest BCUT2D eigenvalue weighted by molar-refractivity contribution is -0.385. The number of halogens is 1. The molecule has 1 aromatic carbocycles. The Balaban J connectivity index is 1.65. The summed E-state index contributed by atoms with van der Waals surface area (Å²) in [6, 6.07) is 5.17. The zero-order chi connectivity index (χ0) is 19.6. The number of carbonyl (C=O) groups excluding carboxylic acids is 1. The van der Waals surface area contributed by atoms with Crippen LogP contribution in [0.15, 0.2) is 36.8 Å². The number of nitro groups is 1. The number of aromatic nitrogens is 5. The minimum Gasteiger partial charge on any atom is -0.291 e. The fourth-order valence-corrected chi connectivity index (χ4v) is 2.39. The predicted octanol–water partition coefficient (Wildman–Crippen LogP) is 2.08. The highest BCUT2D eigenvalue weighted by atomic mass is 19.1. The van der Waals surface area contributed by atoms with Crippen molar-refractivity contribution in [2.45, 2.75) is 26.4 Å². The molecule has 0 saturated carbocycles. The second kappa shape index (κ2) is 7.32. The first-order chi connectivity index (χ1) is 12.8. The van der Waals surface area contributed by atoms with E-state index in [4.69, 9.17) is 0 Å². The number of rotatable bonds is 6. The predicted molar refractivity (Wildman–Crippen MR) is 92.5 cm³/mol. The first-order valence-electron chi connectivity index (χ1n) is 7.98. The molecule has 1 N–H and O–H groups in total. The molecule has 2 aromatic heterocycles. The van der Waals surface area contributed by atoms with Crippen LogP contribution in [0.1, 0.15) is 24.2 Å². The van der Waals surface area contributed by atoms with E-state index >= 15 is 0 Å². The molecule has 0 aliphatic rings. The summed E-state index contributed by atoms with van der Waals surface area (Å²) < 4.78 is 15.6. The van der Waals surface area contributed by atoms with E-state index < -0.39 is 16.9 Å². The van der Waals surface area contributed by atoms with Gasteiger partial charge in [0.05, 0.1) is 11.5 Å². The summed E-state index contributed by atoms with van der Waals surface area (Å²) in [4.78, 5) is 26.7. The maximum atomic E-state index is 12.9. The van der Waals surface area contributed by atoms with E-state index in [1.807, 2.05) is 0 Å². The third-order valence-electron chi connectivity index (χ3n) is 3.89. The van der Waals surface area contributed by atoms with Gasteiger partial charge in [-0.25, -0.2) is 14.1 Å². The molecule has 0 radical (unpaired) electrons. The molecule has 0 aliphatic heterocycles. The normalized spacial score (nSPS) is 12.0. The van der Waals surface area contributed by atoms with E-state index in [1.54, 1.807) is 19.1 Å². The van der Waals surface area contributed by atoms with Crippen molar-refractivity contribution in [2.24, 2.45) is 0 Å². The van der Waals surface area contributed by atoms with Gasteiger partial charge in [0.2, 0.25) is 5.95 Å². The van der Waals surface area contributed by atoms with Crippen LogP contribution >= 0.6 is 0 Å². The molecular weight excluding hydrogens is 357 g/mol. The molecule has 11 heteroatoms. The molecule has 0 aliphatic carbocycles. The number of hydrogen-bond donors (Lipinski definition) is 1. The third-order valence-corrected chi connectivity index (χ3v) is 3.89.